The highest BCUT2D eigenvalue weighted by Gasteiger charge is 2.21. The Bertz CT molecular complexity index is 1010. The summed E-state index contributed by atoms with van der Waals surface area (Å²) in [6, 6.07) is 19.8. The minimum absolute atomic E-state index is 0.0160. The lowest BCUT2D eigenvalue weighted by Crippen LogP contribution is -2.31. The molecule has 0 fully saturated rings. The van der Waals surface area contributed by atoms with Crippen molar-refractivity contribution in [1.82, 2.24) is 24.9 Å². The van der Waals surface area contributed by atoms with Gasteiger partial charge in [0, 0.05) is 18.9 Å². The van der Waals surface area contributed by atoms with Crippen LogP contribution in [0.4, 0.5) is 0 Å². The first-order valence-corrected chi connectivity index (χ1v) is 9.33. The summed E-state index contributed by atoms with van der Waals surface area (Å²) < 4.78 is 1.66. The molecule has 2 aromatic carbocycles. The molecule has 2 heterocycles. The van der Waals surface area contributed by atoms with Crippen LogP contribution in [0.5, 0.6) is 0 Å². The van der Waals surface area contributed by atoms with Crippen LogP contribution >= 0.6 is 0 Å². The van der Waals surface area contributed by atoms with E-state index in [1.54, 1.807) is 4.52 Å². The first-order valence-electron chi connectivity index (χ1n) is 9.33. The van der Waals surface area contributed by atoms with E-state index in [2.05, 4.69) is 20.4 Å². The molecule has 1 amide bonds. The van der Waals surface area contributed by atoms with Gasteiger partial charge >= 0.3 is 0 Å². The molecule has 0 unspecified atom stereocenters. The average Bonchev–Trinajstić information content (AvgIpc) is 3.21. The van der Waals surface area contributed by atoms with Crippen LogP contribution < -0.4 is 5.32 Å². The van der Waals surface area contributed by atoms with E-state index in [1.165, 1.54) is 6.33 Å². The molecule has 6 nitrogen and oxygen atoms in total. The molecule has 0 aliphatic rings. The lowest BCUT2D eigenvalue weighted by Gasteiger charge is -2.18. The maximum atomic E-state index is 12.9. The SMILES string of the molecule is O=C(NCCCc1cnc2ncnn2c1)C(c1ccccc1)c1ccccc1. The Labute approximate surface area is 163 Å². The van der Waals surface area contributed by atoms with Crippen LogP contribution in [-0.4, -0.2) is 32.0 Å². The minimum Gasteiger partial charge on any atom is -0.355 e. The number of amides is 1. The van der Waals surface area contributed by atoms with Crippen LogP contribution in [0.2, 0.25) is 0 Å². The van der Waals surface area contributed by atoms with Gasteiger partial charge in [-0.15, -0.1) is 0 Å². The summed E-state index contributed by atoms with van der Waals surface area (Å²) in [4.78, 5) is 21.3. The van der Waals surface area contributed by atoms with Gasteiger partial charge in [-0.3, -0.25) is 4.79 Å². The molecule has 4 rings (SSSR count). The molecule has 140 valence electrons. The highest BCUT2D eigenvalue weighted by molar-refractivity contribution is 5.87. The van der Waals surface area contributed by atoms with Crippen molar-refractivity contribution in [2.45, 2.75) is 18.8 Å². The number of carbonyl (C=O) groups is 1. The molecule has 1 N–H and O–H groups in total. The fourth-order valence-corrected chi connectivity index (χ4v) is 3.28. The molecule has 0 bridgehead atoms. The van der Waals surface area contributed by atoms with Gasteiger partial charge in [0.2, 0.25) is 5.91 Å². The smallest absolute Gasteiger partial charge is 0.252 e. The molecule has 0 saturated heterocycles. The number of nitrogens with zero attached hydrogens (tertiary/aromatic N) is 4. The van der Waals surface area contributed by atoms with E-state index in [0.717, 1.165) is 29.5 Å². The molecular formula is C22H21N5O. The summed E-state index contributed by atoms with van der Waals surface area (Å²) in [5.41, 5.74) is 3.05. The van der Waals surface area contributed by atoms with Gasteiger partial charge in [0.15, 0.2) is 0 Å². The second-order valence-electron chi connectivity index (χ2n) is 6.62. The van der Waals surface area contributed by atoms with E-state index in [1.807, 2.05) is 73.1 Å². The summed E-state index contributed by atoms with van der Waals surface area (Å²) in [6.07, 6.45) is 6.85. The molecule has 0 aliphatic carbocycles. The van der Waals surface area contributed by atoms with Crippen molar-refractivity contribution in [3.8, 4) is 0 Å². The summed E-state index contributed by atoms with van der Waals surface area (Å²) in [6.45, 7) is 0.602. The predicted molar refractivity (Wildman–Crippen MR) is 107 cm³/mol. The fourth-order valence-electron chi connectivity index (χ4n) is 3.28. The Morgan fingerprint density at radius 2 is 1.64 bits per heavy atom. The second-order valence-corrected chi connectivity index (χ2v) is 6.62. The van der Waals surface area contributed by atoms with Crippen LogP contribution in [0.1, 0.15) is 29.0 Å². The van der Waals surface area contributed by atoms with Gasteiger partial charge in [0.05, 0.1) is 5.92 Å². The van der Waals surface area contributed by atoms with Crippen molar-refractivity contribution >= 4 is 11.7 Å². The van der Waals surface area contributed by atoms with Gasteiger partial charge in [-0.05, 0) is 29.5 Å². The molecule has 0 spiro atoms. The van der Waals surface area contributed by atoms with E-state index >= 15 is 0 Å². The highest BCUT2D eigenvalue weighted by atomic mass is 16.1. The zero-order valence-electron chi connectivity index (χ0n) is 15.4. The summed E-state index contributed by atoms with van der Waals surface area (Å²) >= 11 is 0. The average molecular weight is 371 g/mol. The quantitative estimate of drug-likeness (QED) is 0.507. The third-order valence-electron chi connectivity index (χ3n) is 4.66. The summed E-state index contributed by atoms with van der Waals surface area (Å²) in [7, 11) is 0. The number of aryl methyl sites for hydroxylation is 1. The van der Waals surface area contributed by atoms with Gasteiger partial charge in [-0.25, -0.2) is 9.50 Å². The maximum Gasteiger partial charge on any atom is 0.252 e. The Balaban J connectivity index is 1.39. The Morgan fingerprint density at radius 3 is 2.32 bits per heavy atom. The monoisotopic (exact) mass is 371 g/mol. The first-order chi connectivity index (χ1) is 13.8. The molecule has 2 aromatic heterocycles. The lowest BCUT2D eigenvalue weighted by atomic mass is 9.90. The van der Waals surface area contributed by atoms with Crippen LogP contribution in [0.15, 0.2) is 79.4 Å². The summed E-state index contributed by atoms with van der Waals surface area (Å²) in [5, 5.41) is 7.19. The van der Waals surface area contributed by atoms with E-state index in [0.29, 0.717) is 12.3 Å². The molecule has 0 aliphatic heterocycles. The Hall–Kier alpha value is -3.54. The molecule has 4 aromatic rings. The zero-order valence-corrected chi connectivity index (χ0v) is 15.4. The lowest BCUT2D eigenvalue weighted by molar-refractivity contribution is -0.121. The third kappa shape index (κ3) is 4.06. The highest BCUT2D eigenvalue weighted by Crippen LogP contribution is 2.24. The maximum absolute atomic E-state index is 12.9. The van der Waals surface area contributed by atoms with Gasteiger partial charge < -0.3 is 5.32 Å². The predicted octanol–water partition coefficient (Wildman–Crippen LogP) is 3.01. The van der Waals surface area contributed by atoms with Crippen LogP contribution in [0.25, 0.3) is 5.78 Å². The number of nitrogens with one attached hydrogen (secondary N) is 1. The van der Waals surface area contributed by atoms with Crippen LogP contribution in [0, 0.1) is 0 Å². The number of fused-ring (bicyclic) bond motifs is 1. The first kappa shape index (κ1) is 17.9. The third-order valence-corrected chi connectivity index (χ3v) is 4.66. The molecule has 0 saturated carbocycles. The van der Waals surface area contributed by atoms with Gasteiger partial charge in [-0.2, -0.15) is 10.1 Å². The number of rotatable bonds is 7. The van der Waals surface area contributed by atoms with Gasteiger partial charge in [0.25, 0.3) is 5.78 Å². The number of benzene rings is 2. The van der Waals surface area contributed by atoms with E-state index in [9.17, 15) is 4.79 Å². The van der Waals surface area contributed by atoms with Crippen molar-refractivity contribution < 1.29 is 4.79 Å². The van der Waals surface area contributed by atoms with Crippen molar-refractivity contribution in [3.05, 3.63) is 96.1 Å². The molecule has 0 radical (unpaired) electrons. The Morgan fingerprint density at radius 1 is 0.964 bits per heavy atom. The van der Waals surface area contributed by atoms with Crippen molar-refractivity contribution in [2.24, 2.45) is 0 Å². The van der Waals surface area contributed by atoms with Crippen molar-refractivity contribution in [2.75, 3.05) is 6.54 Å². The van der Waals surface area contributed by atoms with Crippen molar-refractivity contribution in [3.63, 3.8) is 0 Å². The van der Waals surface area contributed by atoms with Crippen LogP contribution in [0.3, 0.4) is 0 Å². The normalized spacial score (nSPS) is 11.0. The van der Waals surface area contributed by atoms with Gasteiger partial charge in [0.1, 0.15) is 6.33 Å². The van der Waals surface area contributed by atoms with E-state index < -0.39 is 0 Å². The van der Waals surface area contributed by atoms with Crippen molar-refractivity contribution in [1.29, 1.82) is 0 Å². The van der Waals surface area contributed by atoms with E-state index in [-0.39, 0.29) is 11.8 Å². The second kappa shape index (κ2) is 8.43. The van der Waals surface area contributed by atoms with E-state index in [4.69, 9.17) is 0 Å². The molecule has 0 atom stereocenters. The summed E-state index contributed by atoms with van der Waals surface area (Å²) in [5.74, 6) is 0.295. The minimum atomic E-state index is -0.310. The topological polar surface area (TPSA) is 72.2 Å². The standard InChI is InChI=1S/C22H21N5O/c28-21(20(18-9-3-1-4-10-18)19-11-5-2-6-12-19)23-13-7-8-17-14-24-22-25-16-26-27(22)15-17/h1-6,9-12,14-16,20H,7-8,13H2,(H,23,28). The molecule has 6 heteroatoms. The number of carbonyl (C=O) groups excluding carboxylic acids is 1. The van der Waals surface area contributed by atoms with Gasteiger partial charge in [-0.1, -0.05) is 60.7 Å². The molecular weight excluding hydrogens is 350 g/mol. The number of aromatic nitrogens is 4. The fraction of sp³-hybridized carbons (Fsp3) is 0.182. The Kier molecular flexibility index (Phi) is 5.38. The zero-order chi connectivity index (χ0) is 19.2. The van der Waals surface area contributed by atoms with Crippen LogP contribution in [-0.2, 0) is 11.2 Å². The number of hydrogen-bond donors (Lipinski definition) is 1. The molecule has 28 heavy (non-hydrogen) atoms. The number of hydrogen-bond acceptors (Lipinski definition) is 4. The largest absolute Gasteiger partial charge is 0.355 e.